The lowest BCUT2D eigenvalue weighted by Crippen LogP contribution is -2.53. The van der Waals surface area contributed by atoms with Gasteiger partial charge in [0.05, 0.1) is 6.54 Å². The molecule has 1 aromatic carbocycles. The number of piperazine rings is 1. The average Bonchev–Trinajstić information content (AvgIpc) is 2.58. The summed E-state index contributed by atoms with van der Waals surface area (Å²) >= 11 is 0. The van der Waals surface area contributed by atoms with E-state index < -0.39 is 10.0 Å². The van der Waals surface area contributed by atoms with Crippen LogP contribution in [0.5, 0.6) is 0 Å². The maximum atomic E-state index is 12.5. The molecule has 0 atom stereocenters. The Morgan fingerprint density at radius 1 is 1.03 bits per heavy atom. The molecule has 1 N–H and O–H groups in total. The standard InChI is InChI=1S/C22H35N3O3S/c1-21(2,3)18-22(4,5)23-20(26)17-24-12-14-25(15-13-24)29(27,28)16-11-19-9-7-6-8-10-19/h6-11,16H,12-15,17-18H2,1-5H3,(H,23,26)/b16-11+. The molecule has 0 unspecified atom stereocenters. The van der Waals surface area contributed by atoms with Crippen LogP contribution in [-0.2, 0) is 14.8 Å². The lowest BCUT2D eigenvalue weighted by Gasteiger charge is -2.36. The van der Waals surface area contributed by atoms with Crippen molar-refractivity contribution in [3.8, 4) is 0 Å². The largest absolute Gasteiger partial charge is 0.350 e. The zero-order chi connectivity index (χ0) is 21.7. The number of rotatable bonds is 7. The van der Waals surface area contributed by atoms with Crippen molar-refractivity contribution in [2.45, 2.75) is 46.6 Å². The first-order chi connectivity index (χ1) is 13.4. The summed E-state index contributed by atoms with van der Waals surface area (Å²) in [5.74, 6) is -0.0143. The molecule has 0 aromatic heterocycles. The van der Waals surface area contributed by atoms with Crippen molar-refractivity contribution in [1.82, 2.24) is 14.5 Å². The molecule has 2 rings (SSSR count). The SMILES string of the molecule is CC(C)(C)CC(C)(C)NC(=O)CN1CCN(S(=O)(=O)/C=C/c2ccccc2)CC1. The van der Waals surface area contributed by atoms with Gasteiger partial charge in [-0.1, -0.05) is 51.1 Å². The Morgan fingerprint density at radius 3 is 2.17 bits per heavy atom. The first-order valence-electron chi connectivity index (χ1n) is 10.1. The lowest BCUT2D eigenvalue weighted by molar-refractivity contribution is -0.124. The Bertz CT molecular complexity index is 803. The number of nitrogens with zero attached hydrogens (tertiary/aromatic N) is 2. The first-order valence-corrected chi connectivity index (χ1v) is 11.6. The topological polar surface area (TPSA) is 69.7 Å². The summed E-state index contributed by atoms with van der Waals surface area (Å²) in [4.78, 5) is 14.5. The van der Waals surface area contributed by atoms with Gasteiger partial charge in [0, 0.05) is 37.1 Å². The van der Waals surface area contributed by atoms with Crippen molar-refractivity contribution < 1.29 is 13.2 Å². The van der Waals surface area contributed by atoms with E-state index in [0.717, 1.165) is 12.0 Å². The van der Waals surface area contributed by atoms with Crippen molar-refractivity contribution in [2.24, 2.45) is 5.41 Å². The minimum absolute atomic E-state index is 0.0143. The highest BCUT2D eigenvalue weighted by atomic mass is 32.2. The highest BCUT2D eigenvalue weighted by Gasteiger charge is 2.29. The van der Waals surface area contributed by atoms with E-state index in [4.69, 9.17) is 0 Å². The molecule has 0 spiro atoms. The van der Waals surface area contributed by atoms with Crippen LogP contribution in [0.1, 0.15) is 46.6 Å². The van der Waals surface area contributed by atoms with Crippen LogP contribution in [0.4, 0.5) is 0 Å². The quantitative estimate of drug-likeness (QED) is 0.735. The second-order valence-corrected chi connectivity index (χ2v) is 11.4. The van der Waals surface area contributed by atoms with Gasteiger partial charge in [0.1, 0.15) is 0 Å². The zero-order valence-corrected chi connectivity index (χ0v) is 19.1. The van der Waals surface area contributed by atoms with Crippen LogP contribution in [0.3, 0.4) is 0 Å². The van der Waals surface area contributed by atoms with E-state index in [0.29, 0.717) is 32.7 Å². The molecule has 0 aliphatic carbocycles. The fourth-order valence-corrected chi connectivity index (χ4v) is 5.12. The summed E-state index contributed by atoms with van der Waals surface area (Å²) < 4.78 is 26.6. The van der Waals surface area contributed by atoms with Gasteiger partial charge in [-0.05, 0) is 37.3 Å². The maximum Gasteiger partial charge on any atom is 0.236 e. The van der Waals surface area contributed by atoms with Gasteiger partial charge in [-0.25, -0.2) is 8.42 Å². The molecule has 1 aromatic rings. The molecule has 1 amide bonds. The Hall–Kier alpha value is -1.70. The van der Waals surface area contributed by atoms with Gasteiger partial charge < -0.3 is 5.32 Å². The molecule has 0 saturated carbocycles. The second kappa shape index (κ2) is 9.41. The highest BCUT2D eigenvalue weighted by molar-refractivity contribution is 7.92. The van der Waals surface area contributed by atoms with Crippen molar-refractivity contribution in [2.75, 3.05) is 32.7 Å². The number of carbonyl (C=O) groups excluding carboxylic acids is 1. The van der Waals surface area contributed by atoms with E-state index in [1.807, 2.05) is 49.1 Å². The molecule has 1 aliphatic heterocycles. The number of amides is 1. The molecule has 0 bridgehead atoms. The van der Waals surface area contributed by atoms with Crippen molar-refractivity contribution in [3.63, 3.8) is 0 Å². The monoisotopic (exact) mass is 421 g/mol. The summed E-state index contributed by atoms with van der Waals surface area (Å²) in [7, 11) is -3.46. The third-order valence-electron chi connectivity index (χ3n) is 4.74. The van der Waals surface area contributed by atoms with E-state index in [1.54, 1.807) is 6.08 Å². The van der Waals surface area contributed by atoms with E-state index in [-0.39, 0.29) is 16.9 Å². The molecule has 29 heavy (non-hydrogen) atoms. The molecule has 7 heteroatoms. The number of hydrogen-bond donors (Lipinski definition) is 1. The first kappa shape index (κ1) is 23.6. The van der Waals surface area contributed by atoms with Gasteiger partial charge in [0.25, 0.3) is 0 Å². The minimum Gasteiger partial charge on any atom is -0.350 e. The third-order valence-corrected chi connectivity index (χ3v) is 6.31. The van der Waals surface area contributed by atoms with Crippen molar-refractivity contribution in [1.29, 1.82) is 0 Å². The fourth-order valence-electron chi connectivity index (χ4n) is 3.95. The second-order valence-electron chi connectivity index (χ2n) is 9.60. The van der Waals surface area contributed by atoms with Crippen molar-refractivity contribution >= 4 is 22.0 Å². The number of hydrogen-bond acceptors (Lipinski definition) is 4. The van der Waals surface area contributed by atoms with Crippen LogP contribution in [0, 0.1) is 5.41 Å². The number of nitrogens with one attached hydrogen (secondary N) is 1. The predicted molar refractivity (Wildman–Crippen MR) is 119 cm³/mol. The molecule has 1 saturated heterocycles. The molecule has 0 radical (unpaired) electrons. The molecular formula is C22H35N3O3S. The van der Waals surface area contributed by atoms with E-state index in [9.17, 15) is 13.2 Å². The van der Waals surface area contributed by atoms with Crippen LogP contribution in [-0.4, -0.2) is 61.8 Å². The summed E-state index contributed by atoms with van der Waals surface area (Å²) in [6, 6.07) is 9.37. The molecule has 162 valence electrons. The summed E-state index contributed by atoms with van der Waals surface area (Å²) in [6.07, 6.45) is 2.50. The van der Waals surface area contributed by atoms with E-state index in [2.05, 4.69) is 26.1 Å². The van der Waals surface area contributed by atoms with E-state index >= 15 is 0 Å². The molecular weight excluding hydrogens is 386 g/mol. The zero-order valence-electron chi connectivity index (χ0n) is 18.3. The molecule has 1 heterocycles. The van der Waals surface area contributed by atoms with Crippen LogP contribution in [0.15, 0.2) is 35.7 Å². The Kier molecular flexibility index (Phi) is 7.65. The van der Waals surface area contributed by atoms with Crippen LogP contribution < -0.4 is 5.32 Å². The molecule has 1 aliphatic rings. The molecule has 1 fully saturated rings. The normalized spacial score (nSPS) is 17.6. The number of carbonyl (C=O) groups is 1. The minimum atomic E-state index is -3.46. The van der Waals surface area contributed by atoms with Gasteiger partial charge >= 0.3 is 0 Å². The van der Waals surface area contributed by atoms with Gasteiger partial charge in [0.2, 0.25) is 15.9 Å². The lowest BCUT2D eigenvalue weighted by atomic mass is 9.82. The maximum absolute atomic E-state index is 12.5. The Labute approximate surface area is 176 Å². The van der Waals surface area contributed by atoms with Gasteiger partial charge in [-0.15, -0.1) is 0 Å². The van der Waals surface area contributed by atoms with Crippen LogP contribution in [0.25, 0.3) is 6.08 Å². The van der Waals surface area contributed by atoms with Crippen LogP contribution in [0.2, 0.25) is 0 Å². The number of benzene rings is 1. The van der Waals surface area contributed by atoms with E-state index in [1.165, 1.54) is 9.71 Å². The third kappa shape index (κ3) is 8.28. The predicted octanol–water partition coefficient (Wildman–Crippen LogP) is 2.94. The smallest absolute Gasteiger partial charge is 0.236 e. The molecule has 6 nitrogen and oxygen atoms in total. The Balaban J connectivity index is 1.84. The van der Waals surface area contributed by atoms with Gasteiger partial charge in [-0.3, -0.25) is 9.69 Å². The Morgan fingerprint density at radius 2 is 1.62 bits per heavy atom. The summed E-state index contributed by atoms with van der Waals surface area (Å²) in [5, 5.41) is 4.38. The average molecular weight is 422 g/mol. The highest BCUT2D eigenvalue weighted by Crippen LogP contribution is 2.26. The summed E-state index contributed by atoms with van der Waals surface area (Å²) in [6.45, 7) is 12.7. The van der Waals surface area contributed by atoms with Crippen LogP contribution >= 0.6 is 0 Å². The van der Waals surface area contributed by atoms with Gasteiger partial charge in [-0.2, -0.15) is 4.31 Å². The fraction of sp³-hybridized carbons (Fsp3) is 0.591. The summed E-state index contributed by atoms with van der Waals surface area (Å²) in [5.41, 5.74) is 0.705. The van der Waals surface area contributed by atoms with Gasteiger partial charge in [0.15, 0.2) is 0 Å². The number of sulfonamides is 1. The van der Waals surface area contributed by atoms with Crippen molar-refractivity contribution in [3.05, 3.63) is 41.3 Å².